The van der Waals surface area contributed by atoms with Gasteiger partial charge in [-0.2, -0.15) is 8.57 Å². The van der Waals surface area contributed by atoms with Crippen LogP contribution in [0.3, 0.4) is 0 Å². The van der Waals surface area contributed by atoms with E-state index < -0.39 is 0 Å². The van der Waals surface area contributed by atoms with Crippen LogP contribution in [0.5, 0.6) is 0 Å². The third-order valence-electron chi connectivity index (χ3n) is 0.254. The molecule has 0 aromatic rings. The summed E-state index contributed by atoms with van der Waals surface area (Å²) in [6.45, 7) is 3.73. The molecule has 0 spiro atoms. The van der Waals surface area contributed by atoms with Crippen molar-refractivity contribution in [3.8, 4) is 0 Å². The molecule has 6 heavy (non-hydrogen) atoms. The van der Waals surface area contributed by atoms with Gasteiger partial charge in [-0.3, -0.25) is 0 Å². The molecular weight excluding hydrogens is 98.1 g/mol. The summed E-state index contributed by atoms with van der Waals surface area (Å²) >= 11 is 0.285. The molecule has 0 aliphatic carbocycles. The minimum absolute atomic E-state index is 0.174. The lowest BCUT2D eigenvalue weighted by Crippen LogP contribution is -1.82. The lowest BCUT2D eigenvalue weighted by atomic mass is 10.4. The molecule has 0 radical (unpaired) electrons. The van der Waals surface area contributed by atoms with E-state index in [1.165, 1.54) is 0 Å². The third kappa shape index (κ3) is 3.82. The van der Waals surface area contributed by atoms with Crippen molar-refractivity contribution >= 4 is 11.5 Å². The van der Waals surface area contributed by atoms with Crippen molar-refractivity contribution in [2.45, 2.75) is 19.9 Å². The highest BCUT2D eigenvalue weighted by Crippen LogP contribution is 1.79. The van der Waals surface area contributed by atoms with Crippen molar-refractivity contribution in [3.05, 3.63) is 0 Å². The molecule has 0 saturated heterocycles. The van der Waals surface area contributed by atoms with Crippen LogP contribution in [0.2, 0.25) is 0 Å². The zero-order valence-electron chi connectivity index (χ0n) is 3.84. The monoisotopic (exact) mass is 105 g/mol. The van der Waals surface area contributed by atoms with E-state index in [0.717, 1.165) is 0 Å². The number of hydrogen-bond donors (Lipinski definition) is 0. The van der Waals surface area contributed by atoms with Gasteiger partial charge in [-0.05, 0) is 13.8 Å². The molecule has 0 heterocycles. The molecule has 3 heteroatoms. The van der Waals surface area contributed by atoms with Crippen molar-refractivity contribution in [1.82, 2.24) is 0 Å². The quantitative estimate of drug-likeness (QED) is 0.484. The topological polar surface area (TPSA) is 29.4 Å². The van der Waals surface area contributed by atoms with Gasteiger partial charge in [0.05, 0.1) is 6.04 Å². The van der Waals surface area contributed by atoms with Crippen LogP contribution in [0.25, 0.3) is 0 Å². The minimum atomic E-state index is 0.174. The summed E-state index contributed by atoms with van der Waals surface area (Å²) in [7, 11) is 0. The van der Waals surface area contributed by atoms with Crippen LogP contribution in [0.1, 0.15) is 13.8 Å². The van der Waals surface area contributed by atoms with Crippen LogP contribution in [-0.4, -0.2) is 10.3 Å². The van der Waals surface area contributed by atoms with Crippen molar-refractivity contribution in [1.29, 1.82) is 0 Å². The number of hydrogen-bond acceptors (Lipinski definition) is 2. The molecule has 0 N–H and O–H groups in total. The van der Waals surface area contributed by atoms with Crippen LogP contribution in [0.15, 0.2) is 4.36 Å². The number of rotatable bonds is 1. The van der Waals surface area contributed by atoms with Gasteiger partial charge in [0, 0.05) is 0 Å². The fraction of sp³-hybridized carbons (Fsp3) is 1.00. The molecule has 0 aliphatic heterocycles. The van der Waals surface area contributed by atoms with Crippen LogP contribution in [-0.2, 0) is 11.5 Å². The molecule has 0 aliphatic rings. The summed E-state index contributed by atoms with van der Waals surface area (Å²) in [5.74, 6) is 0. The lowest BCUT2D eigenvalue weighted by molar-refractivity contribution is 0.693. The maximum Gasteiger partial charge on any atom is 0.199 e. The van der Waals surface area contributed by atoms with Gasteiger partial charge in [0.2, 0.25) is 0 Å². The molecule has 0 bridgehead atoms. The summed E-state index contributed by atoms with van der Waals surface area (Å²) < 4.78 is 13.0. The van der Waals surface area contributed by atoms with E-state index >= 15 is 0 Å². The second-order valence-corrected chi connectivity index (χ2v) is 1.63. The Labute approximate surface area is 40.8 Å². The van der Waals surface area contributed by atoms with Gasteiger partial charge < -0.3 is 0 Å². The minimum Gasteiger partial charge on any atom is -0.191 e. The molecule has 0 rings (SSSR count). The highest BCUT2D eigenvalue weighted by atomic mass is 32.1. The van der Waals surface area contributed by atoms with Gasteiger partial charge in [-0.15, -0.1) is 0 Å². The first kappa shape index (κ1) is 5.82. The lowest BCUT2D eigenvalue weighted by Gasteiger charge is -1.82. The van der Waals surface area contributed by atoms with Crippen molar-refractivity contribution in [3.63, 3.8) is 0 Å². The third-order valence-corrected chi connectivity index (χ3v) is 0.762. The van der Waals surface area contributed by atoms with Gasteiger partial charge in [0.15, 0.2) is 11.5 Å². The van der Waals surface area contributed by atoms with Gasteiger partial charge >= 0.3 is 0 Å². The maximum atomic E-state index is 9.49. The Balaban J connectivity index is 3.29. The molecule has 0 aromatic carbocycles. The summed E-state index contributed by atoms with van der Waals surface area (Å²) in [4.78, 5) is 0. The Morgan fingerprint density at radius 1 is 1.67 bits per heavy atom. The van der Waals surface area contributed by atoms with E-state index in [2.05, 4.69) is 4.36 Å². The van der Waals surface area contributed by atoms with Crippen LogP contribution in [0, 0.1) is 0 Å². The highest BCUT2D eigenvalue weighted by molar-refractivity contribution is 7.54. The SMILES string of the molecule is CC(C)N=S=O. The zero-order chi connectivity index (χ0) is 4.99. The molecule has 0 saturated carbocycles. The van der Waals surface area contributed by atoms with E-state index in [9.17, 15) is 4.21 Å². The second-order valence-electron chi connectivity index (χ2n) is 1.27. The van der Waals surface area contributed by atoms with Crippen LogP contribution >= 0.6 is 0 Å². The molecule has 0 atom stereocenters. The first-order chi connectivity index (χ1) is 2.77. The largest absolute Gasteiger partial charge is 0.199 e. The summed E-state index contributed by atoms with van der Waals surface area (Å²) in [5, 5.41) is 0. The van der Waals surface area contributed by atoms with Crippen LogP contribution < -0.4 is 0 Å². The fourth-order valence-electron chi connectivity index (χ4n) is 0.0861. The van der Waals surface area contributed by atoms with Gasteiger partial charge in [-0.25, -0.2) is 0 Å². The van der Waals surface area contributed by atoms with E-state index in [1.807, 2.05) is 13.8 Å². The molecular formula is C3H7NOS. The summed E-state index contributed by atoms with van der Waals surface area (Å²) in [5.41, 5.74) is 0. The van der Waals surface area contributed by atoms with Crippen molar-refractivity contribution in [2.75, 3.05) is 0 Å². The number of nitrogens with zero attached hydrogens (tertiary/aromatic N) is 1. The molecule has 0 fully saturated rings. The highest BCUT2D eigenvalue weighted by Gasteiger charge is 1.78. The van der Waals surface area contributed by atoms with Gasteiger partial charge in [-0.1, -0.05) is 0 Å². The molecule has 36 valence electrons. The molecule has 0 amide bonds. The Morgan fingerprint density at radius 3 is 2.17 bits per heavy atom. The van der Waals surface area contributed by atoms with Crippen molar-refractivity contribution in [2.24, 2.45) is 4.36 Å². The van der Waals surface area contributed by atoms with E-state index in [4.69, 9.17) is 0 Å². The average molecular weight is 105 g/mol. The Morgan fingerprint density at radius 2 is 2.17 bits per heavy atom. The maximum absolute atomic E-state index is 9.49. The van der Waals surface area contributed by atoms with Gasteiger partial charge in [0.25, 0.3) is 0 Å². The molecule has 0 unspecified atom stereocenters. The predicted octanol–water partition coefficient (Wildman–Crippen LogP) is 0.791. The first-order valence-electron chi connectivity index (χ1n) is 1.76. The summed E-state index contributed by atoms with van der Waals surface area (Å²) in [6, 6.07) is 0.174. The van der Waals surface area contributed by atoms with E-state index in [-0.39, 0.29) is 17.5 Å². The van der Waals surface area contributed by atoms with E-state index in [0.29, 0.717) is 0 Å². The van der Waals surface area contributed by atoms with Crippen LogP contribution in [0.4, 0.5) is 0 Å². The first-order valence-corrected chi connectivity index (χ1v) is 2.46. The Hall–Kier alpha value is -0.180. The smallest absolute Gasteiger partial charge is 0.191 e. The normalized spacial score (nSPS) is 8.50. The second kappa shape index (κ2) is 3.03. The van der Waals surface area contributed by atoms with Gasteiger partial charge in [0.1, 0.15) is 0 Å². The Bertz CT molecular complexity index is 74.9. The molecule has 2 nitrogen and oxygen atoms in total. The fourth-order valence-corrected chi connectivity index (χ4v) is 0.258. The Kier molecular flexibility index (Phi) is 2.94. The van der Waals surface area contributed by atoms with Crippen molar-refractivity contribution < 1.29 is 4.21 Å². The van der Waals surface area contributed by atoms with E-state index in [1.54, 1.807) is 0 Å². The standard InChI is InChI=1S/C3H7NOS/c1-3(2)4-6-5/h3H,1-2H3. The zero-order valence-corrected chi connectivity index (χ0v) is 4.66. The molecule has 0 aromatic heterocycles. The summed E-state index contributed by atoms with van der Waals surface area (Å²) in [6.07, 6.45) is 0. The average Bonchev–Trinajstić information content (AvgIpc) is 1.35. The predicted molar refractivity (Wildman–Crippen MR) is 25.7 cm³/mol.